The molecule has 0 unspecified atom stereocenters. The predicted molar refractivity (Wildman–Crippen MR) is 109 cm³/mol. The molecule has 2 rings (SSSR count). The second kappa shape index (κ2) is 13.4. The first kappa shape index (κ1) is 22.2. The van der Waals surface area contributed by atoms with Crippen LogP contribution in [0.1, 0.15) is 91.9 Å². The molecule has 0 aromatic carbocycles. The quantitative estimate of drug-likeness (QED) is 0.341. The molecule has 0 radical (unpaired) electrons. The fourth-order valence-corrected chi connectivity index (χ4v) is 2.46. The molecule has 2 fully saturated rings. The third kappa shape index (κ3) is 15.1. The molecule has 1 N–H and O–H groups in total. The molecule has 2 aliphatic rings. The summed E-state index contributed by atoms with van der Waals surface area (Å²) in [6, 6.07) is 0. The van der Waals surface area contributed by atoms with Crippen LogP contribution in [0.3, 0.4) is 0 Å². The molecule has 2 aliphatic carbocycles. The van der Waals surface area contributed by atoms with E-state index < -0.39 is 0 Å². The van der Waals surface area contributed by atoms with Gasteiger partial charge in [0.05, 0.1) is 12.2 Å². The Balaban J connectivity index is 0.000000359. The minimum atomic E-state index is 0.299. The zero-order chi connectivity index (χ0) is 18.5. The summed E-state index contributed by atoms with van der Waals surface area (Å²) in [7, 11) is 0. The van der Waals surface area contributed by atoms with Crippen molar-refractivity contribution in [1.29, 1.82) is 0 Å². The summed E-state index contributed by atoms with van der Waals surface area (Å²) >= 11 is 0. The van der Waals surface area contributed by atoms with E-state index in [4.69, 9.17) is 9.84 Å². The molecule has 0 amide bonds. The van der Waals surface area contributed by atoms with Crippen molar-refractivity contribution in [3.05, 3.63) is 34.9 Å². The largest absolute Gasteiger partial charge is 0.396 e. The van der Waals surface area contributed by atoms with Gasteiger partial charge in [-0.15, -0.1) is 0 Å². The molecule has 0 bridgehead atoms. The number of aliphatic hydroxyl groups excluding tert-OH is 1. The summed E-state index contributed by atoms with van der Waals surface area (Å²) in [4.78, 5) is 0. The van der Waals surface area contributed by atoms with Crippen LogP contribution in [0.25, 0.3) is 0 Å². The van der Waals surface area contributed by atoms with E-state index in [-0.39, 0.29) is 0 Å². The zero-order valence-corrected chi connectivity index (χ0v) is 17.0. The Morgan fingerprint density at radius 1 is 0.800 bits per heavy atom. The average molecular weight is 349 g/mol. The first-order chi connectivity index (χ1) is 12.0. The smallest absolute Gasteiger partial charge is 0.0580 e. The Labute approximate surface area is 156 Å². The van der Waals surface area contributed by atoms with E-state index in [2.05, 4.69) is 45.9 Å². The van der Waals surface area contributed by atoms with Crippen LogP contribution in [0.5, 0.6) is 0 Å². The van der Waals surface area contributed by atoms with Gasteiger partial charge in [-0.25, -0.2) is 0 Å². The standard InChI is InChI=1S/C17H30O.C6H10O/c1-15(2)9-7-11-17(4)13-8-12-16(3)10-5-6-14-18;1-2-5(1)7-6-3-4-6/h9-10,13,18H,5-8,11-12,14H2,1-4H3;5-6H,1-4H2. The number of unbranched alkanes of at least 4 members (excludes halogenated alkanes) is 1. The summed E-state index contributed by atoms with van der Waals surface area (Å²) in [5.41, 5.74) is 4.35. The molecular formula is C23H40O2. The van der Waals surface area contributed by atoms with E-state index in [1.54, 1.807) is 0 Å². The SMILES string of the molecule is C1CC1OC1CC1.CC(C)=CCCC(C)=CCCC(C)=CCCCO. The van der Waals surface area contributed by atoms with Gasteiger partial charge in [0.15, 0.2) is 0 Å². The van der Waals surface area contributed by atoms with Gasteiger partial charge in [0.2, 0.25) is 0 Å². The van der Waals surface area contributed by atoms with Gasteiger partial charge in [-0.05, 0) is 91.9 Å². The van der Waals surface area contributed by atoms with E-state index in [0.29, 0.717) is 18.8 Å². The Morgan fingerprint density at radius 3 is 1.72 bits per heavy atom. The van der Waals surface area contributed by atoms with Crippen molar-refractivity contribution >= 4 is 0 Å². The van der Waals surface area contributed by atoms with Crippen molar-refractivity contribution in [3.8, 4) is 0 Å². The molecule has 2 nitrogen and oxygen atoms in total. The van der Waals surface area contributed by atoms with E-state index in [9.17, 15) is 0 Å². The van der Waals surface area contributed by atoms with E-state index in [0.717, 1.165) is 32.1 Å². The molecule has 0 heterocycles. The Morgan fingerprint density at radius 2 is 1.28 bits per heavy atom. The van der Waals surface area contributed by atoms with Crippen LogP contribution in [0.4, 0.5) is 0 Å². The molecule has 2 saturated carbocycles. The number of allylic oxidation sites excluding steroid dienone is 6. The molecule has 0 atom stereocenters. The van der Waals surface area contributed by atoms with Crippen molar-refractivity contribution in [3.63, 3.8) is 0 Å². The van der Waals surface area contributed by atoms with Gasteiger partial charge < -0.3 is 9.84 Å². The summed E-state index contributed by atoms with van der Waals surface area (Å²) in [6.45, 7) is 9.01. The lowest BCUT2D eigenvalue weighted by molar-refractivity contribution is 0.105. The maximum atomic E-state index is 8.71. The average Bonchev–Trinajstić information content (AvgIpc) is 3.46. The monoisotopic (exact) mass is 348 g/mol. The van der Waals surface area contributed by atoms with Gasteiger partial charge in [0.25, 0.3) is 0 Å². The lowest BCUT2D eigenvalue weighted by Crippen LogP contribution is -1.93. The minimum absolute atomic E-state index is 0.299. The van der Waals surface area contributed by atoms with Crippen molar-refractivity contribution in [1.82, 2.24) is 0 Å². The predicted octanol–water partition coefficient (Wildman–Crippen LogP) is 6.51. The molecule has 0 aromatic rings. The number of rotatable bonds is 11. The summed E-state index contributed by atoms with van der Waals surface area (Å²) < 4.78 is 5.47. The highest BCUT2D eigenvalue weighted by atomic mass is 16.5. The van der Waals surface area contributed by atoms with Gasteiger partial charge in [-0.1, -0.05) is 34.9 Å². The molecular weight excluding hydrogens is 308 g/mol. The van der Waals surface area contributed by atoms with Crippen molar-refractivity contribution in [2.75, 3.05) is 6.61 Å². The Bertz CT molecular complexity index is 423. The maximum absolute atomic E-state index is 8.71. The van der Waals surface area contributed by atoms with Crippen LogP contribution in [-0.2, 0) is 4.74 Å². The van der Waals surface area contributed by atoms with E-state index in [1.807, 2.05) is 0 Å². The highest BCUT2D eigenvalue weighted by molar-refractivity contribution is 5.05. The molecule has 0 spiro atoms. The van der Waals surface area contributed by atoms with Gasteiger partial charge in [0.1, 0.15) is 0 Å². The highest BCUT2D eigenvalue weighted by Gasteiger charge is 2.31. The number of hydrogen-bond donors (Lipinski definition) is 1. The van der Waals surface area contributed by atoms with Gasteiger partial charge in [-0.2, -0.15) is 0 Å². The molecule has 0 saturated heterocycles. The molecule has 25 heavy (non-hydrogen) atoms. The van der Waals surface area contributed by atoms with Crippen LogP contribution < -0.4 is 0 Å². The first-order valence-electron chi connectivity index (χ1n) is 10.2. The first-order valence-corrected chi connectivity index (χ1v) is 10.2. The normalized spacial score (nSPS) is 17.8. The van der Waals surface area contributed by atoms with Crippen LogP contribution in [0.15, 0.2) is 34.9 Å². The summed E-state index contributed by atoms with van der Waals surface area (Å²) in [6.07, 6.45) is 20.1. The molecule has 0 aliphatic heterocycles. The van der Waals surface area contributed by atoms with E-state index in [1.165, 1.54) is 48.8 Å². The van der Waals surface area contributed by atoms with Crippen molar-refractivity contribution < 1.29 is 9.84 Å². The van der Waals surface area contributed by atoms with Crippen LogP contribution in [-0.4, -0.2) is 23.9 Å². The van der Waals surface area contributed by atoms with E-state index >= 15 is 0 Å². The third-order valence-corrected chi connectivity index (χ3v) is 4.41. The van der Waals surface area contributed by atoms with Crippen LogP contribution >= 0.6 is 0 Å². The third-order valence-electron chi connectivity index (χ3n) is 4.41. The second-order valence-electron chi connectivity index (χ2n) is 7.86. The van der Waals surface area contributed by atoms with Crippen LogP contribution in [0.2, 0.25) is 0 Å². The zero-order valence-electron chi connectivity index (χ0n) is 17.0. The molecule has 0 aromatic heterocycles. The Hall–Kier alpha value is -0.860. The topological polar surface area (TPSA) is 29.5 Å². The van der Waals surface area contributed by atoms with Gasteiger partial charge in [0, 0.05) is 6.61 Å². The molecule has 2 heteroatoms. The number of aliphatic hydroxyl groups is 1. The molecule has 144 valence electrons. The van der Waals surface area contributed by atoms with Crippen molar-refractivity contribution in [2.24, 2.45) is 0 Å². The van der Waals surface area contributed by atoms with Crippen LogP contribution in [0, 0.1) is 0 Å². The summed E-state index contributed by atoms with van der Waals surface area (Å²) in [5, 5.41) is 8.71. The number of ether oxygens (including phenoxy) is 1. The summed E-state index contributed by atoms with van der Waals surface area (Å²) in [5.74, 6) is 0. The maximum Gasteiger partial charge on any atom is 0.0580 e. The van der Waals surface area contributed by atoms with Gasteiger partial charge in [-0.3, -0.25) is 0 Å². The lowest BCUT2D eigenvalue weighted by Gasteiger charge is -2.01. The lowest BCUT2D eigenvalue weighted by atomic mass is 10.1. The van der Waals surface area contributed by atoms with Gasteiger partial charge >= 0.3 is 0 Å². The fourth-order valence-electron chi connectivity index (χ4n) is 2.46. The number of hydrogen-bond acceptors (Lipinski definition) is 2. The highest BCUT2D eigenvalue weighted by Crippen LogP contribution is 2.33. The second-order valence-corrected chi connectivity index (χ2v) is 7.86. The van der Waals surface area contributed by atoms with Crippen molar-refractivity contribution in [2.45, 2.75) is 104 Å². The minimum Gasteiger partial charge on any atom is -0.396 e. The Kier molecular flexibility index (Phi) is 11.9. The fraction of sp³-hybridized carbons (Fsp3) is 0.739.